The lowest BCUT2D eigenvalue weighted by Crippen LogP contribution is -2.57. The molecule has 1 amide bonds. The summed E-state index contributed by atoms with van der Waals surface area (Å²) in [6.45, 7) is 1.14. The number of nitrogens with zero attached hydrogens (tertiary/aromatic N) is 2. The quantitative estimate of drug-likeness (QED) is 0.811. The zero-order valence-electron chi connectivity index (χ0n) is 13.9. The normalized spacial score (nSPS) is 16.9. The average Bonchev–Trinajstić information content (AvgIpc) is 2.98. The van der Waals surface area contributed by atoms with Crippen LogP contribution in [0.1, 0.15) is 5.69 Å². The number of carbonyl (C=O) groups excluding carboxylic acids is 1. The van der Waals surface area contributed by atoms with E-state index in [1.807, 2.05) is 0 Å². The second-order valence-corrected chi connectivity index (χ2v) is 5.95. The number of amides is 1. The third-order valence-electron chi connectivity index (χ3n) is 4.24. The number of hydrogen-bond donors (Lipinski definition) is 2. The molecule has 1 saturated heterocycles. The molecule has 6 nitrogen and oxygen atoms in total. The van der Waals surface area contributed by atoms with Crippen LogP contribution in [0.25, 0.3) is 11.0 Å². The molecule has 0 saturated carbocycles. The summed E-state index contributed by atoms with van der Waals surface area (Å²) in [7, 11) is 0. The van der Waals surface area contributed by atoms with Gasteiger partial charge in [-0.25, -0.2) is 0 Å². The molecule has 1 atom stereocenters. The summed E-state index contributed by atoms with van der Waals surface area (Å²) in [6, 6.07) is 5.35. The van der Waals surface area contributed by atoms with Gasteiger partial charge in [-0.3, -0.25) is 9.69 Å². The van der Waals surface area contributed by atoms with Gasteiger partial charge in [0.1, 0.15) is 11.7 Å². The Labute approximate surface area is 154 Å². The summed E-state index contributed by atoms with van der Waals surface area (Å²) < 4.78 is 45.0. The number of benzene rings is 1. The number of nitrogens with one attached hydrogen (secondary N) is 2. The topological polar surface area (TPSA) is 70.4 Å². The van der Waals surface area contributed by atoms with Crippen molar-refractivity contribution in [2.24, 2.45) is 0 Å². The molecule has 0 bridgehead atoms. The van der Waals surface area contributed by atoms with Gasteiger partial charge in [-0.1, -0.05) is 17.3 Å². The highest BCUT2D eigenvalue weighted by Crippen LogP contribution is 2.25. The summed E-state index contributed by atoms with van der Waals surface area (Å²) in [6.07, 6.45) is -4.52. The second-order valence-electron chi connectivity index (χ2n) is 5.95. The number of fused-ring (bicyclic) bond motifs is 1. The number of para-hydroxylation sites is 1. The number of hydrogen-bond acceptors (Lipinski definition) is 5. The zero-order valence-corrected chi connectivity index (χ0v) is 14.7. The van der Waals surface area contributed by atoms with E-state index in [0.717, 1.165) is 0 Å². The first kappa shape index (κ1) is 20.5. The number of alkyl halides is 3. The minimum Gasteiger partial charge on any atom is -0.356 e. The summed E-state index contributed by atoms with van der Waals surface area (Å²) in [5.74, 6) is -0.511. The Hall–Kier alpha value is -1.84. The van der Waals surface area contributed by atoms with Gasteiger partial charge < -0.3 is 15.2 Å². The predicted octanol–water partition coefficient (Wildman–Crippen LogP) is 1.74. The molecule has 3 rings (SSSR count). The second kappa shape index (κ2) is 8.70. The first-order valence-corrected chi connectivity index (χ1v) is 8.06. The van der Waals surface area contributed by atoms with E-state index in [-0.39, 0.29) is 18.8 Å². The van der Waals surface area contributed by atoms with Crippen LogP contribution in [0.4, 0.5) is 13.2 Å². The van der Waals surface area contributed by atoms with Gasteiger partial charge in [-0.05, 0) is 12.1 Å². The summed E-state index contributed by atoms with van der Waals surface area (Å²) in [5.41, 5.74) is 0.957. The number of rotatable bonds is 5. The largest absolute Gasteiger partial charge is 0.405 e. The Balaban J connectivity index is 0.00000243. The third-order valence-corrected chi connectivity index (χ3v) is 4.24. The van der Waals surface area contributed by atoms with Gasteiger partial charge in [-0.15, -0.1) is 12.4 Å². The SMILES string of the molecule is Cl.O=C(Cc1noc2ccccc12)NCC(N1CCNCC1)C(F)(F)F. The Morgan fingerprint density at radius 2 is 2.00 bits per heavy atom. The van der Waals surface area contributed by atoms with Gasteiger partial charge in [0.2, 0.25) is 5.91 Å². The van der Waals surface area contributed by atoms with Crippen LogP contribution in [-0.2, 0) is 11.2 Å². The van der Waals surface area contributed by atoms with E-state index in [1.54, 1.807) is 24.3 Å². The molecule has 1 aromatic heterocycles. The highest BCUT2D eigenvalue weighted by Gasteiger charge is 2.43. The van der Waals surface area contributed by atoms with Crippen LogP contribution in [0.2, 0.25) is 0 Å². The maximum Gasteiger partial charge on any atom is 0.405 e. The Morgan fingerprint density at radius 3 is 2.69 bits per heavy atom. The van der Waals surface area contributed by atoms with Crippen LogP contribution in [0.15, 0.2) is 28.8 Å². The van der Waals surface area contributed by atoms with Crippen molar-refractivity contribution in [3.8, 4) is 0 Å². The van der Waals surface area contributed by atoms with Gasteiger partial charge in [0.05, 0.1) is 6.42 Å². The lowest BCUT2D eigenvalue weighted by atomic mass is 10.1. The molecular formula is C16H20ClF3N4O2. The molecule has 1 aromatic carbocycles. The predicted molar refractivity (Wildman–Crippen MR) is 92.3 cm³/mol. The highest BCUT2D eigenvalue weighted by molar-refractivity contribution is 5.86. The monoisotopic (exact) mass is 392 g/mol. The van der Waals surface area contributed by atoms with Crippen molar-refractivity contribution in [3.05, 3.63) is 30.0 Å². The fourth-order valence-corrected chi connectivity index (χ4v) is 2.94. The van der Waals surface area contributed by atoms with Crippen molar-refractivity contribution in [3.63, 3.8) is 0 Å². The Kier molecular flexibility index (Phi) is 6.85. The Morgan fingerprint density at radius 1 is 1.31 bits per heavy atom. The number of aromatic nitrogens is 1. The van der Waals surface area contributed by atoms with Gasteiger partial charge in [0.15, 0.2) is 5.58 Å². The molecule has 1 unspecified atom stereocenters. The lowest BCUT2D eigenvalue weighted by Gasteiger charge is -2.35. The maximum absolute atomic E-state index is 13.3. The molecule has 0 aliphatic carbocycles. The molecule has 2 N–H and O–H groups in total. The van der Waals surface area contributed by atoms with E-state index in [9.17, 15) is 18.0 Å². The fourth-order valence-electron chi connectivity index (χ4n) is 2.94. The standard InChI is InChI=1S/C16H19F3N4O2.ClH/c17-16(18,19)14(23-7-5-20-6-8-23)10-21-15(24)9-12-11-3-1-2-4-13(11)25-22-12;/h1-4,14,20H,5-10H2,(H,21,24);1H. The van der Waals surface area contributed by atoms with E-state index < -0.39 is 24.7 Å². The smallest absolute Gasteiger partial charge is 0.356 e. The molecule has 144 valence electrons. The van der Waals surface area contributed by atoms with Crippen molar-refractivity contribution >= 4 is 29.3 Å². The minimum atomic E-state index is -4.40. The molecule has 10 heteroatoms. The Bertz CT molecular complexity index is 732. The van der Waals surface area contributed by atoms with Crippen LogP contribution >= 0.6 is 12.4 Å². The van der Waals surface area contributed by atoms with E-state index >= 15 is 0 Å². The van der Waals surface area contributed by atoms with E-state index in [0.29, 0.717) is 42.8 Å². The summed E-state index contributed by atoms with van der Waals surface area (Å²) >= 11 is 0. The molecule has 1 aliphatic rings. The van der Waals surface area contributed by atoms with E-state index in [4.69, 9.17) is 4.52 Å². The minimum absolute atomic E-state index is 0. The van der Waals surface area contributed by atoms with Crippen LogP contribution in [0, 0.1) is 0 Å². The fraction of sp³-hybridized carbons (Fsp3) is 0.500. The van der Waals surface area contributed by atoms with Gasteiger partial charge in [0.25, 0.3) is 0 Å². The first-order chi connectivity index (χ1) is 11.9. The molecule has 2 heterocycles. The molecule has 26 heavy (non-hydrogen) atoms. The molecule has 2 aromatic rings. The van der Waals surface area contributed by atoms with Crippen molar-refractivity contribution in [1.82, 2.24) is 20.7 Å². The van der Waals surface area contributed by atoms with Gasteiger partial charge in [-0.2, -0.15) is 13.2 Å². The third kappa shape index (κ3) is 4.87. The van der Waals surface area contributed by atoms with Crippen LogP contribution in [0.5, 0.6) is 0 Å². The molecule has 1 fully saturated rings. The van der Waals surface area contributed by atoms with Gasteiger partial charge >= 0.3 is 6.18 Å². The lowest BCUT2D eigenvalue weighted by molar-refractivity contribution is -0.184. The molecule has 0 spiro atoms. The average molecular weight is 393 g/mol. The summed E-state index contributed by atoms with van der Waals surface area (Å²) in [4.78, 5) is 13.4. The van der Waals surface area contributed by atoms with Gasteiger partial charge in [0, 0.05) is 38.1 Å². The first-order valence-electron chi connectivity index (χ1n) is 8.06. The van der Waals surface area contributed by atoms with E-state index in [1.165, 1.54) is 4.90 Å². The van der Waals surface area contributed by atoms with Crippen LogP contribution < -0.4 is 10.6 Å². The summed E-state index contributed by atoms with van der Waals surface area (Å²) in [5, 5.41) is 9.92. The number of halogens is 4. The van der Waals surface area contributed by atoms with Crippen LogP contribution in [0.3, 0.4) is 0 Å². The highest BCUT2D eigenvalue weighted by atomic mass is 35.5. The van der Waals surface area contributed by atoms with Crippen molar-refractivity contribution < 1.29 is 22.5 Å². The van der Waals surface area contributed by atoms with Crippen molar-refractivity contribution in [2.75, 3.05) is 32.7 Å². The molecule has 0 radical (unpaired) electrons. The van der Waals surface area contributed by atoms with Crippen LogP contribution in [-0.4, -0.2) is 60.9 Å². The van der Waals surface area contributed by atoms with Crippen molar-refractivity contribution in [2.45, 2.75) is 18.6 Å². The maximum atomic E-state index is 13.3. The van der Waals surface area contributed by atoms with E-state index in [2.05, 4.69) is 15.8 Å². The zero-order chi connectivity index (χ0) is 17.9. The number of piperazine rings is 1. The van der Waals surface area contributed by atoms with Crippen molar-refractivity contribution in [1.29, 1.82) is 0 Å². The molecular weight excluding hydrogens is 373 g/mol. The molecule has 1 aliphatic heterocycles. The number of carbonyl (C=O) groups is 1.